The molecule has 104 valence electrons. The highest BCUT2D eigenvalue weighted by atomic mass is 32.1. The van der Waals surface area contributed by atoms with Gasteiger partial charge in [0.25, 0.3) is 5.91 Å². The molecule has 0 saturated carbocycles. The molecule has 6 heteroatoms. The standard InChI is InChI=1S/C13H17NO4S/c1-3-4-9(13(17)18)6-14-12(16)11-5-10(7-19-11)8(2)15/h5,7,9H,3-4,6H2,1-2H3,(H,14,16)(H,17,18). The molecule has 1 amide bonds. The van der Waals surface area contributed by atoms with Gasteiger partial charge >= 0.3 is 5.97 Å². The molecule has 2 N–H and O–H groups in total. The van der Waals surface area contributed by atoms with E-state index in [-0.39, 0.29) is 18.2 Å². The quantitative estimate of drug-likeness (QED) is 0.751. The van der Waals surface area contributed by atoms with Gasteiger partial charge in [0.05, 0.1) is 10.8 Å². The number of carboxylic acids is 1. The summed E-state index contributed by atoms with van der Waals surface area (Å²) < 4.78 is 0. The van der Waals surface area contributed by atoms with E-state index in [0.29, 0.717) is 16.9 Å². The van der Waals surface area contributed by atoms with Crippen molar-refractivity contribution in [3.63, 3.8) is 0 Å². The fraction of sp³-hybridized carbons (Fsp3) is 0.462. The molecule has 19 heavy (non-hydrogen) atoms. The molecule has 0 fully saturated rings. The minimum atomic E-state index is -0.905. The van der Waals surface area contributed by atoms with Crippen molar-refractivity contribution in [2.75, 3.05) is 6.54 Å². The maximum Gasteiger partial charge on any atom is 0.308 e. The van der Waals surface area contributed by atoms with E-state index < -0.39 is 11.9 Å². The van der Waals surface area contributed by atoms with E-state index in [1.165, 1.54) is 24.3 Å². The number of carboxylic acid groups (broad SMARTS) is 1. The van der Waals surface area contributed by atoms with E-state index in [2.05, 4.69) is 5.32 Å². The second kappa shape index (κ2) is 7.04. The third-order valence-corrected chi connectivity index (χ3v) is 3.65. The van der Waals surface area contributed by atoms with Gasteiger partial charge in [0.15, 0.2) is 5.78 Å². The Morgan fingerprint density at radius 3 is 2.58 bits per heavy atom. The molecule has 0 radical (unpaired) electrons. The number of thiophene rings is 1. The third-order valence-electron chi connectivity index (χ3n) is 2.73. The molecule has 0 spiro atoms. The Bertz CT molecular complexity index is 481. The summed E-state index contributed by atoms with van der Waals surface area (Å²) in [7, 11) is 0. The number of carbonyl (C=O) groups is 3. The Morgan fingerprint density at radius 2 is 2.11 bits per heavy atom. The summed E-state index contributed by atoms with van der Waals surface area (Å²) in [6, 6.07) is 1.53. The van der Waals surface area contributed by atoms with E-state index >= 15 is 0 Å². The summed E-state index contributed by atoms with van der Waals surface area (Å²) in [6.45, 7) is 3.44. The molecule has 1 rings (SSSR count). The highest BCUT2D eigenvalue weighted by Crippen LogP contribution is 2.15. The van der Waals surface area contributed by atoms with E-state index in [0.717, 1.165) is 6.42 Å². The Labute approximate surface area is 115 Å². The molecule has 1 atom stereocenters. The van der Waals surface area contributed by atoms with Gasteiger partial charge < -0.3 is 10.4 Å². The zero-order chi connectivity index (χ0) is 14.4. The second-order valence-corrected chi connectivity index (χ2v) is 5.20. The average Bonchev–Trinajstić information content (AvgIpc) is 2.83. The van der Waals surface area contributed by atoms with Crippen LogP contribution in [0.5, 0.6) is 0 Å². The number of carbonyl (C=O) groups excluding carboxylic acids is 2. The summed E-state index contributed by atoms with van der Waals surface area (Å²) >= 11 is 1.18. The molecule has 0 bridgehead atoms. The van der Waals surface area contributed by atoms with E-state index in [9.17, 15) is 14.4 Å². The van der Waals surface area contributed by atoms with E-state index in [1.54, 1.807) is 5.38 Å². The normalized spacial score (nSPS) is 11.9. The zero-order valence-corrected chi connectivity index (χ0v) is 11.8. The molecule has 5 nitrogen and oxygen atoms in total. The average molecular weight is 283 g/mol. The van der Waals surface area contributed by atoms with Crippen LogP contribution < -0.4 is 5.32 Å². The van der Waals surface area contributed by atoms with Gasteiger partial charge in [-0.15, -0.1) is 11.3 Å². The minimum absolute atomic E-state index is 0.0929. The maximum atomic E-state index is 11.8. The lowest BCUT2D eigenvalue weighted by Crippen LogP contribution is -2.32. The van der Waals surface area contributed by atoms with Crippen molar-refractivity contribution in [1.29, 1.82) is 0 Å². The van der Waals surface area contributed by atoms with Crippen molar-refractivity contribution < 1.29 is 19.5 Å². The number of rotatable bonds is 7. The monoisotopic (exact) mass is 283 g/mol. The molecule has 1 heterocycles. The topological polar surface area (TPSA) is 83.5 Å². The van der Waals surface area contributed by atoms with Crippen molar-refractivity contribution in [2.45, 2.75) is 26.7 Å². The van der Waals surface area contributed by atoms with Gasteiger partial charge in [0.1, 0.15) is 0 Å². The molecule has 0 aliphatic rings. The van der Waals surface area contributed by atoms with Gasteiger partial charge in [-0.3, -0.25) is 14.4 Å². The number of ketones is 1. The molecule has 1 aromatic rings. The van der Waals surface area contributed by atoms with E-state index in [1.807, 2.05) is 6.92 Å². The second-order valence-electron chi connectivity index (χ2n) is 4.29. The Hall–Kier alpha value is -1.69. The first-order chi connectivity index (χ1) is 8.95. The number of aliphatic carboxylic acids is 1. The van der Waals surface area contributed by atoms with Gasteiger partial charge in [0.2, 0.25) is 0 Å². The van der Waals surface area contributed by atoms with Gasteiger partial charge in [-0.2, -0.15) is 0 Å². The first-order valence-electron chi connectivity index (χ1n) is 6.06. The van der Waals surface area contributed by atoms with Crippen LogP contribution >= 0.6 is 11.3 Å². The third kappa shape index (κ3) is 4.48. The summed E-state index contributed by atoms with van der Waals surface area (Å²) in [6.07, 6.45) is 1.28. The van der Waals surface area contributed by atoms with Crippen molar-refractivity contribution >= 4 is 29.0 Å². The zero-order valence-electron chi connectivity index (χ0n) is 10.9. The van der Waals surface area contributed by atoms with Crippen LogP contribution in [0.4, 0.5) is 0 Å². The number of amides is 1. The lowest BCUT2D eigenvalue weighted by molar-refractivity contribution is -0.141. The first-order valence-corrected chi connectivity index (χ1v) is 6.94. The van der Waals surface area contributed by atoms with Gasteiger partial charge in [-0.05, 0) is 19.4 Å². The predicted octanol–water partition coefficient (Wildman–Crippen LogP) is 2.18. The van der Waals surface area contributed by atoms with Crippen LogP contribution in [0.25, 0.3) is 0 Å². The molecule has 0 saturated heterocycles. The number of hydrogen-bond acceptors (Lipinski definition) is 4. The van der Waals surface area contributed by atoms with Crippen LogP contribution in [-0.2, 0) is 4.79 Å². The SMILES string of the molecule is CCCC(CNC(=O)c1cc(C(C)=O)cs1)C(=O)O. The van der Waals surface area contributed by atoms with Gasteiger partial charge in [0, 0.05) is 17.5 Å². The number of nitrogens with one attached hydrogen (secondary N) is 1. The smallest absolute Gasteiger partial charge is 0.308 e. The highest BCUT2D eigenvalue weighted by molar-refractivity contribution is 7.12. The highest BCUT2D eigenvalue weighted by Gasteiger charge is 2.18. The van der Waals surface area contributed by atoms with Crippen LogP contribution in [0.1, 0.15) is 46.7 Å². The van der Waals surface area contributed by atoms with Crippen LogP contribution in [0.3, 0.4) is 0 Å². The van der Waals surface area contributed by atoms with Crippen molar-refractivity contribution in [3.05, 3.63) is 21.9 Å². The predicted molar refractivity (Wildman–Crippen MR) is 72.7 cm³/mol. The summed E-state index contributed by atoms with van der Waals surface area (Å²) in [5.41, 5.74) is 0.499. The number of Topliss-reactive ketones (excluding diaryl/α,β-unsaturated/α-hetero) is 1. The Morgan fingerprint density at radius 1 is 1.42 bits per heavy atom. The van der Waals surface area contributed by atoms with Crippen molar-refractivity contribution in [2.24, 2.45) is 5.92 Å². The molecule has 0 aliphatic heterocycles. The molecule has 1 unspecified atom stereocenters. The fourth-order valence-electron chi connectivity index (χ4n) is 1.60. The van der Waals surface area contributed by atoms with Gasteiger partial charge in [-0.25, -0.2) is 0 Å². The maximum absolute atomic E-state index is 11.8. The molecule has 1 aromatic heterocycles. The first kappa shape index (κ1) is 15.4. The summed E-state index contributed by atoms with van der Waals surface area (Å²) in [5.74, 6) is -1.90. The Balaban J connectivity index is 2.58. The molecule has 0 aromatic carbocycles. The largest absolute Gasteiger partial charge is 0.481 e. The number of hydrogen-bond donors (Lipinski definition) is 2. The van der Waals surface area contributed by atoms with Crippen LogP contribution in [0, 0.1) is 5.92 Å². The van der Waals surface area contributed by atoms with Crippen LogP contribution in [0.15, 0.2) is 11.4 Å². The lowest BCUT2D eigenvalue weighted by atomic mass is 10.0. The van der Waals surface area contributed by atoms with Crippen molar-refractivity contribution in [1.82, 2.24) is 5.32 Å². The molecular weight excluding hydrogens is 266 g/mol. The fourth-order valence-corrected chi connectivity index (χ4v) is 2.47. The summed E-state index contributed by atoms with van der Waals surface area (Å²) in [5, 5.41) is 13.2. The molecular formula is C13H17NO4S. The Kier molecular flexibility index (Phi) is 5.69. The molecule has 0 aliphatic carbocycles. The lowest BCUT2D eigenvalue weighted by Gasteiger charge is -2.11. The van der Waals surface area contributed by atoms with Crippen LogP contribution in [-0.4, -0.2) is 29.3 Å². The van der Waals surface area contributed by atoms with Gasteiger partial charge in [-0.1, -0.05) is 13.3 Å². The minimum Gasteiger partial charge on any atom is -0.481 e. The summed E-state index contributed by atoms with van der Waals surface area (Å²) in [4.78, 5) is 34.3. The van der Waals surface area contributed by atoms with Crippen LogP contribution in [0.2, 0.25) is 0 Å². The van der Waals surface area contributed by atoms with E-state index in [4.69, 9.17) is 5.11 Å². The van der Waals surface area contributed by atoms with Crippen molar-refractivity contribution in [3.8, 4) is 0 Å².